The summed E-state index contributed by atoms with van der Waals surface area (Å²) in [5, 5.41) is 6.31. The molecule has 2 N–H and O–H groups in total. The maximum atomic E-state index is 12.5. The van der Waals surface area contributed by atoms with Crippen LogP contribution in [0.3, 0.4) is 0 Å². The van der Waals surface area contributed by atoms with Gasteiger partial charge in [-0.15, -0.1) is 0 Å². The fourth-order valence-corrected chi connectivity index (χ4v) is 3.33. The topological polar surface area (TPSA) is 74.6 Å². The molecule has 30 heavy (non-hydrogen) atoms. The van der Waals surface area contributed by atoms with Crippen LogP contribution in [0.5, 0.6) is 0 Å². The highest BCUT2D eigenvalue weighted by molar-refractivity contribution is 6.39. The molecule has 1 heterocycles. The lowest BCUT2D eigenvalue weighted by atomic mass is 10.2. The number of para-hydroxylation sites is 2. The van der Waals surface area contributed by atoms with Crippen molar-refractivity contribution in [2.24, 2.45) is 0 Å². The van der Waals surface area contributed by atoms with E-state index in [0.29, 0.717) is 40.3 Å². The molecule has 3 aromatic rings. The number of anilines is 2. The van der Waals surface area contributed by atoms with Gasteiger partial charge < -0.3 is 15.1 Å². The Morgan fingerprint density at radius 2 is 1.60 bits per heavy atom. The number of halogens is 2. The highest BCUT2D eigenvalue weighted by Gasteiger charge is 2.16. The number of hydrogen-bond acceptors (Lipinski definition) is 4. The molecule has 0 aliphatic rings. The van der Waals surface area contributed by atoms with Crippen molar-refractivity contribution in [1.82, 2.24) is 4.90 Å². The molecule has 0 radical (unpaired) electrons. The number of rotatable bonds is 9. The molecule has 0 atom stereocenters. The highest BCUT2D eigenvalue weighted by Crippen LogP contribution is 2.29. The predicted octanol–water partition coefficient (Wildman–Crippen LogP) is 5.06. The van der Waals surface area contributed by atoms with Crippen LogP contribution < -0.4 is 10.6 Å². The van der Waals surface area contributed by atoms with Crippen molar-refractivity contribution in [2.75, 3.05) is 23.7 Å². The minimum atomic E-state index is -0.252. The van der Waals surface area contributed by atoms with E-state index in [1.54, 1.807) is 30.5 Å². The number of amides is 2. The molecular weight excluding hydrogens is 425 g/mol. The fraction of sp³-hybridized carbons (Fsp3) is 0.182. The van der Waals surface area contributed by atoms with E-state index in [1.807, 2.05) is 41.3 Å². The summed E-state index contributed by atoms with van der Waals surface area (Å²) in [6, 6.07) is 17.8. The number of nitrogens with one attached hydrogen (secondary N) is 2. The molecule has 2 amide bonds. The van der Waals surface area contributed by atoms with Crippen molar-refractivity contribution in [3.05, 3.63) is 82.7 Å². The Hall–Kier alpha value is -2.80. The van der Waals surface area contributed by atoms with Crippen LogP contribution in [0.1, 0.15) is 12.2 Å². The molecule has 0 aliphatic carbocycles. The maximum absolute atomic E-state index is 12.5. The number of carbonyl (C=O) groups excluding carboxylic acids is 2. The summed E-state index contributed by atoms with van der Waals surface area (Å²) in [6.45, 7) is 0.849. The summed E-state index contributed by atoms with van der Waals surface area (Å²) >= 11 is 12.2. The number of hydrogen-bond donors (Lipinski definition) is 2. The van der Waals surface area contributed by atoms with Crippen LogP contribution in [-0.4, -0.2) is 29.8 Å². The molecule has 0 saturated heterocycles. The van der Waals surface area contributed by atoms with Crippen LogP contribution in [0, 0.1) is 0 Å². The molecule has 8 heteroatoms. The number of benzene rings is 2. The normalized spacial score (nSPS) is 10.8. The average Bonchev–Trinajstić information content (AvgIpc) is 3.23. The van der Waals surface area contributed by atoms with E-state index < -0.39 is 0 Å². The Kier molecular flexibility index (Phi) is 7.90. The van der Waals surface area contributed by atoms with E-state index in [-0.39, 0.29) is 24.8 Å². The molecule has 3 rings (SSSR count). The van der Waals surface area contributed by atoms with E-state index in [4.69, 9.17) is 27.6 Å². The van der Waals surface area contributed by atoms with Crippen LogP contribution >= 0.6 is 23.2 Å². The van der Waals surface area contributed by atoms with E-state index in [2.05, 4.69) is 10.6 Å². The second-order valence-electron chi connectivity index (χ2n) is 6.60. The molecule has 0 aliphatic heterocycles. The zero-order valence-corrected chi connectivity index (χ0v) is 17.6. The van der Waals surface area contributed by atoms with Gasteiger partial charge in [-0.05, 0) is 36.4 Å². The molecule has 6 nitrogen and oxygen atoms in total. The van der Waals surface area contributed by atoms with Gasteiger partial charge in [0.05, 0.1) is 35.1 Å². The first-order valence-electron chi connectivity index (χ1n) is 9.35. The Bertz CT molecular complexity index is 958. The van der Waals surface area contributed by atoms with Gasteiger partial charge in [-0.25, -0.2) is 0 Å². The van der Waals surface area contributed by atoms with Crippen molar-refractivity contribution in [2.45, 2.75) is 13.0 Å². The van der Waals surface area contributed by atoms with Gasteiger partial charge in [0.2, 0.25) is 11.8 Å². The largest absolute Gasteiger partial charge is 0.468 e. The van der Waals surface area contributed by atoms with Gasteiger partial charge in [0, 0.05) is 18.7 Å². The van der Waals surface area contributed by atoms with Crippen LogP contribution in [0.4, 0.5) is 11.4 Å². The summed E-state index contributed by atoms with van der Waals surface area (Å²) in [4.78, 5) is 26.7. The van der Waals surface area contributed by atoms with Crippen molar-refractivity contribution in [1.29, 1.82) is 0 Å². The molecule has 0 fully saturated rings. The highest BCUT2D eigenvalue weighted by atomic mass is 35.5. The van der Waals surface area contributed by atoms with Crippen molar-refractivity contribution in [3.8, 4) is 0 Å². The van der Waals surface area contributed by atoms with Crippen LogP contribution in [0.25, 0.3) is 0 Å². The van der Waals surface area contributed by atoms with E-state index in [9.17, 15) is 9.59 Å². The average molecular weight is 446 g/mol. The smallest absolute Gasteiger partial charge is 0.238 e. The maximum Gasteiger partial charge on any atom is 0.238 e. The van der Waals surface area contributed by atoms with Gasteiger partial charge >= 0.3 is 0 Å². The van der Waals surface area contributed by atoms with Crippen molar-refractivity contribution >= 4 is 46.4 Å². The van der Waals surface area contributed by atoms with E-state index >= 15 is 0 Å². The molecule has 0 unspecified atom stereocenters. The summed E-state index contributed by atoms with van der Waals surface area (Å²) in [6.07, 6.45) is 1.73. The summed E-state index contributed by atoms with van der Waals surface area (Å²) in [5.41, 5.74) is 1.09. The quantitative estimate of drug-likeness (QED) is 0.482. The lowest BCUT2D eigenvalue weighted by molar-refractivity contribution is -0.119. The van der Waals surface area contributed by atoms with E-state index in [1.165, 1.54) is 0 Å². The first-order chi connectivity index (χ1) is 14.5. The lowest BCUT2D eigenvalue weighted by Gasteiger charge is -2.20. The van der Waals surface area contributed by atoms with Gasteiger partial charge in [-0.3, -0.25) is 14.5 Å². The number of carbonyl (C=O) groups is 2. The molecule has 1 aromatic heterocycles. The predicted molar refractivity (Wildman–Crippen MR) is 119 cm³/mol. The molecule has 0 spiro atoms. The molecular formula is C22H21Cl2N3O3. The summed E-state index contributed by atoms with van der Waals surface area (Å²) < 4.78 is 5.39. The SMILES string of the molecule is O=C(CN(CCC(=O)Nc1c(Cl)cccc1Cl)Cc1ccco1)Nc1ccccc1. The zero-order valence-electron chi connectivity index (χ0n) is 16.1. The Balaban J connectivity index is 1.59. The number of furan rings is 1. The van der Waals surface area contributed by atoms with Gasteiger partial charge in [0.25, 0.3) is 0 Å². The third-order valence-corrected chi connectivity index (χ3v) is 4.90. The molecule has 0 bridgehead atoms. The Morgan fingerprint density at radius 3 is 2.27 bits per heavy atom. The Labute approximate surface area is 184 Å². The van der Waals surface area contributed by atoms with Crippen molar-refractivity contribution in [3.63, 3.8) is 0 Å². The molecule has 0 saturated carbocycles. The second kappa shape index (κ2) is 10.8. The van der Waals surface area contributed by atoms with Gasteiger partial charge in [0.15, 0.2) is 0 Å². The van der Waals surface area contributed by atoms with Gasteiger partial charge in [-0.1, -0.05) is 47.5 Å². The monoisotopic (exact) mass is 445 g/mol. The van der Waals surface area contributed by atoms with Crippen LogP contribution in [0.2, 0.25) is 10.0 Å². The summed E-state index contributed by atoms with van der Waals surface area (Å²) in [7, 11) is 0. The minimum Gasteiger partial charge on any atom is -0.468 e. The van der Waals surface area contributed by atoms with E-state index in [0.717, 1.165) is 0 Å². The number of nitrogens with zero attached hydrogens (tertiary/aromatic N) is 1. The minimum absolute atomic E-state index is 0.107. The molecule has 156 valence electrons. The third-order valence-electron chi connectivity index (χ3n) is 4.27. The first-order valence-corrected chi connectivity index (χ1v) is 10.1. The van der Waals surface area contributed by atoms with Crippen molar-refractivity contribution < 1.29 is 14.0 Å². The lowest BCUT2D eigenvalue weighted by Crippen LogP contribution is -2.35. The van der Waals surface area contributed by atoms with Crippen LogP contribution in [0.15, 0.2) is 71.3 Å². The second-order valence-corrected chi connectivity index (χ2v) is 7.41. The van der Waals surface area contributed by atoms with Gasteiger partial charge in [0.1, 0.15) is 5.76 Å². The summed E-state index contributed by atoms with van der Waals surface area (Å²) in [5.74, 6) is 0.275. The fourth-order valence-electron chi connectivity index (χ4n) is 2.84. The first kappa shape index (κ1) is 21.9. The zero-order chi connectivity index (χ0) is 21.3. The third kappa shape index (κ3) is 6.62. The van der Waals surface area contributed by atoms with Gasteiger partial charge in [-0.2, -0.15) is 0 Å². The molecule has 2 aromatic carbocycles. The van der Waals surface area contributed by atoms with Crippen LogP contribution in [-0.2, 0) is 16.1 Å². The Morgan fingerprint density at radius 1 is 0.867 bits per heavy atom. The standard InChI is InChI=1S/C22H21Cl2N3O3/c23-18-9-4-10-19(24)22(18)26-20(28)11-12-27(14-17-8-5-13-30-17)15-21(29)25-16-6-2-1-3-7-16/h1-10,13H,11-12,14-15H2,(H,25,29)(H,26,28).